The van der Waals surface area contributed by atoms with Crippen molar-refractivity contribution in [2.45, 2.75) is 25.9 Å². The highest BCUT2D eigenvalue weighted by Crippen LogP contribution is 2.22. The molecule has 0 aliphatic carbocycles. The minimum absolute atomic E-state index is 0.158. The predicted octanol–water partition coefficient (Wildman–Crippen LogP) is 1.14. The third-order valence-electron chi connectivity index (χ3n) is 3.90. The summed E-state index contributed by atoms with van der Waals surface area (Å²) in [4.78, 5) is 14.5. The zero-order valence-corrected chi connectivity index (χ0v) is 11.7. The molecule has 1 aromatic carbocycles. The lowest BCUT2D eigenvalue weighted by Gasteiger charge is -2.36. The van der Waals surface area contributed by atoms with Crippen LogP contribution in [0.3, 0.4) is 0 Å². The standard InChI is InChI=1S/C15H23N3O/c1-11-10-17-8-9-18(11)15(19)12(2)14(16)13-6-4-3-5-7-13/h3-7,11-12,14,17H,8-10,16H2,1-2H3/t11-,12?,14?/m1/s1. The first-order chi connectivity index (χ1) is 9.11. The van der Waals surface area contributed by atoms with Gasteiger partial charge in [-0.15, -0.1) is 0 Å². The van der Waals surface area contributed by atoms with Gasteiger partial charge in [-0.2, -0.15) is 0 Å². The third kappa shape index (κ3) is 3.14. The van der Waals surface area contributed by atoms with E-state index in [1.807, 2.05) is 42.2 Å². The number of rotatable bonds is 3. The van der Waals surface area contributed by atoms with Gasteiger partial charge < -0.3 is 16.0 Å². The quantitative estimate of drug-likeness (QED) is 0.858. The van der Waals surface area contributed by atoms with E-state index in [9.17, 15) is 4.79 Å². The first kappa shape index (κ1) is 14.0. The Balaban J connectivity index is 2.06. The van der Waals surface area contributed by atoms with E-state index < -0.39 is 0 Å². The summed E-state index contributed by atoms with van der Waals surface area (Å²) in [5, 5.41) is 3.29. The molecule has 104 valence electrons. The van der Waals surface area contributed by atoms with Crippen molar-refractivity contribution in [2.75, 3.05) is 19.6 Å². The van der Waals surface area contributed by atoms with Crippen molar-refractivity contribution in [1.29, 1.82) is 0 Å². The van der Waals surface area contributed by atoms with E-state index in [4.69, 9.17) is 5.73 Å². The molecule has 1 aliphatic rings. The number of carbonyl (C=O) groups excluding carboxylic acids is 1. The van der Waals surface area contributed by atoms with Gasteiger partial charge in [0.25, 0.3) is 0 Å². The first-order valence-corrected chi connectivity index (χ1v) is 6.93. The van der Waals surface area contributed by atoms with Gasteiger partial charge in [-0.05, 0) is 12.5 Å². The van der Waals surface area contributed by atoms with Crippen LogP contribution >= 0.6 is 0 Å². The van der Waals surface area contributed by atoms with Crippen LogP contribution in [0.25, 0.3) is 0 Å². The lowest BCUT2D eigenvalue weighted by Crippen LogP contribution is -2.54. The smallest absolute Gasteiger partial charge is 0.227 e. The average molecular weight is 261 g/mol. The van der Waals surface area contributed by atoms with Gasteiger partial charge in [0.2, 0.25) is 5.91 Å². The normalized spacial score (nSPS) is 22.9. The zero-order chi connectivity index (χ0) is 13.8. The van der Waals surface area contributed by atoms with Crippen molar-refractivity contribution in [3.8, 4) is 0 Å². The Morgan fingerprint density at radius 1 is 1.42 bits per heavy atom. The zero-order valence-electron chi connectivity index (χ0n) is 11.7. The molecule has 2 rings (SSSR count). The number of nitrogens with zero attached hydrogens (tertiary/aromatic N) is 1. The van der Waals surface area contributed by atoms with Gasteiger partial charge in [-0.25, -0.2) is 0 Å². The minimum Gasteiger partial charge on any atom is -0.337 e. The van der Waals surface area contributed by atoms with Crippen LogP contribution in [0.4, 0.5) is 0 Å². The Hall–Kier alpha value is -1.39. The summed E-state index contributed by atoms with van der Waals surface area (Å²) in [5.74, 6) is -0.0340. The summed E-state index contributed by atoms with van der Waals surface area (Å²) in [6, 6.07) is 9.84. The molecular formula is C15H23N3O. The second-order valence-corrected chi connectivity index (χ2v) is 5.31. The topological polar surface area (TPSA) is 58.4 Å². The van der Waals surface area contributed by atoms with E-state index in [0.717, 1.165) is 25.2 Å². The van der Waals surface area contributed by atoms with Crippen LogP contribution in [-0.2, 0) is 4.79 Å². The molecule has 4 nitrogen and oxygen atoms in total. The summed E-state index contributed by atoms with van der Waals surface area (Å²) in [6.45, 7) is 6.49. The van der Waals surface area contributed by atoms with Gasteiger partial charge in [0.15, 0.2) is 0 Å². The van der Waals surface area contributed by atoms with E-state index in [0.29, 0.717) is 0 Å². The van der Waals surface area contributed by atoms with Crippen LogP contribution in [0.2, 0.25) is 0 Å². The second-order valence-electron chi connectivity index (χ2n) is 5.31. The van der Waals surface area contributed by atoms with Crippen LogP contribution in [0.15, 0.2) is 30.3 Å². The van der Waals surface area contributed by atoms with E-state index >= 15 is 0 Å². The van der Waals surface area contributed by atoms with E-state index in [1.54, 1.807) is 0 Å². The average Bonchev–Trinajstić information content (AvgIpc) is 2.46. The van der Waals surface area contributed by atoms with Gasteiger partial charge in [-0.1, -0.05) is 37.3 Å². The molecule has 1 aromatic rings. The van der Waals surface area contributed by atoms with Crippen LogP contribution in [0, 0.1) is 5.92 Å². The summed E-state index contributed by atoms with van der Waals surface area (Å²) in [7, 11) is 0. The summed E-state index contributed by atoms with van der Waals surface area (Å²) in [6.07, 6.45) is 0. The lowest BCUT2D eigenvalue weighted by molar-refractivity contribution is -0.138. The molecule has 1 saturated heterocycles. The number of benzene rings is 1. The van der Waals surface area contributed by atoms with Crippen molar-refractivity contribution in [3.05, 3.63) is 35.9 Å². The second kappa shape index (κ2) is 6.17. The molecule has 1 aliphatic heterocycles. The SMILES string of the molecule is CC(C(=O)N1CCNC[C@H]1C)C(N)c1ccccc1. The Labute approximate surface area is 115 Å². The molecule has 0 aromatic heterocycles. The number of hydrogen-bond acceptors (Lipinski definition) is 3. The van der Waals surface area contributed by atoms with Crippen molar-refractivity contribution in [2.24, 2.45) is 11.7 Å². The minimum atomic E-state index is -0.240. The fourth-order valence-corrected chi connectivity index (χ4v) is 2.55. The Bertz CT molecular complexity index is 421. The predicted molar refractivity (Wildman–Crippen MR) is 76.6 cm³/mol. The molecule has 3 N–H and O–H groups in total. The molecule has 3 atom stereocenters. The van der Waals surface area contributed by atoms with Gasteiger partial charge in [0.1, 0.15) is 0 Å². The summed E-state index contributed by atoms with van der Waals surface area (Å²) >= 11 is 0. The Kier molecular flexibility index (Phi) is 4.56. The molecule has 0 spiro atoms. The van der Waals surface area contributed by atoms with Crippen molar-refractivity contribution in [1.82, 2.24) is 10.2 Å². The fraction of sp³-hybridized carbons (Fsp3) is 0.533. The van der Waals surface area contributed by atoms with Gasteiger partial charge >= 0.3 is 0 Å². The molecule has 1 fully saturated rings. The van der Waals surface area contributed by atoms with Crippen molar-refractivity contribution < 1.29 is 4.79 Å². The Morgan fingerprint density at radius 2 is 2.11 bits per heavy atom. The summed E-state index contributed by atoms with van der Waals surface area (Å²) < 4.78 is 0. The summed E-state index contributed by atoms with van der Waals surface area (Å²) in [5.41, 5.74) is 7.25. The van der Waals surface area contributed by atoms with Crippen LogP contribution in [0.5, 0.6) is 0 Å². The molecule has 0 saturated carbocycles. The number of nitrogens with two attached hydrogens (primary N) is 1. The first-order valence-electron chi connectivity index (χ1n) is 6.93. The molecule has 1 heterocycles. The largest absolute Gasteiger partial charge is 0.337 e. The molecular weight excluding hydrogens is 238 g/mol. The fourth-order valence-electron chi connectivity index (χ4n) is 2.55. The van der Waals surface area contributed by atoms with E-state index in [2.05, 4.69) is 12.2 Å². The number of hydrogen-bond donors (Lipinski definition) is 2. The van der Waals surface area contributed by atoms with Crippen molar-refractivity contribution in [3.63, 3.8) is 0 Å². The highest BCUT2D eigenvalue weighted by molar-refractivity contribution is 5.80. The molecule has 0 radical (unpaired) electrons. The maximum atomic E-state index is 12.5. The number of amides is 1. The molecule has 19 heavy (non-hydrogen) atoms. The molecule has 4 heteroatoms. The maximum absolute atomic E-state index is 12.5. The van der Waals surface area contributed by atoms with Crippen LogP contribution in [-0.4, -0.2) is 36.5 Å². The highest BCUT2D eigenvalue weighted by Gasteiger charge is 2.30. The third-order valence-corrected chi connectivity index (χ3v) is 3.90. The van der Waals surface area contributed by atoms with Gasteiger partial charge in [0.05, 0.1) is 5.92 Å². The number of nitrogens with one attached hydrogen (secondary N) is 1. The van der Waals surface area contributed by atoms with E-state index in [1.165, 1.54) is 0 Å². The lowest BCUT2D eigenvalue weighted by atomic mass is 9.93. The Morgan fingerprint density at radius 3 is 2.74 bits per heavy atom. The highest BCUT2D eigenvalue weighted by atomic mass is 16.2. The van der Waals surface area contributed by atoms with Crippen LogP contribution < -0.4 is 11.1 Å². The molecule has 0 bridgehead atoms. The van der Waals surface area contributed by atoms with E-state index in [-0.39, 0.29) is 23.9 Å². The monoisotopic (exact) mass is 261 g/mol. The van der Waals surface area contributed by atoms with Crippen molar-refractivity contribution >= 4 is 5.91 Å². The number of carbonyl (C=O) groups is 1. The van der Waals surface area contributed by atoms with Gasteiger partial charge in [-0.3, -0.25) is 4.79 Å². The van der Waals surface area contributed by atoms with Crippen LogP contribution in [0.1, 0.15) is 25.5 Å². The van der Waals surface area contributed by atoms with Gasteiger partial charge in [0, 0.05) is 31.7 Å². The molecule has 1 amide bonds. The maximum Gasteiger partial charge on any atom is 0.227 e. The number of piperazine rings is 1. The molecule has 2 unspecified atom stereocenters.